The number of ether oxygens (including phenoxy) is 1. The van der Waals surface area contributed by atoms with Crippen LogP contribution >= 0.6 is 0 Å². The molecule has 2 aromatic heterocycles. The molecular formula is C40H40F2N6O2. The number of alkyl halides is 2. The highest BCUT2D eigenvalue weighted by Gasteiger charge is 2.55. The zero-order valence-electron chi connectivity index (χ0n) is 28.4. The molecule has 2 saturated heterocycles. The van der Waals surface area contributed by atoms with Crippen molar-refractivity contribution in [1.82, 2.24) is 30.2 Å². The molecule has 2 bridgehead atoms. The van der Waals surface area contributed by atoms with Crippen LogP contribution in [0, 0.1) is 11.3 Å². The molecule has 4 heterocycles. The zero-order chi connectivity index (χ0) is 34.2. The van der Waals surface area contributed by atoms with E-state index >= 15 is 8.78 Å². The van der Waals surface area contributed by atoms with Gasteiger partial charge in [-0.2, -0.15) is 8.78 Å². The molecule has 10 rings (SSSR count). The zero-order valence-corrected chi connectivity index (χ0v) is 28.4. The van der Waals surface area contributed by atoms with Gasteiger partial charge >= 0.3 is 6.09 Å². The van der Waals surface area contributed by atoms with Crippen LogP contribution in [0.5, 0.6) is 0 Å². The first kappa shape index (κ1) is 30.3. The first-order chi connectivity index (χ1) is 23.9. The van der Waals surface area contributed by atoms with Crippen molar-refractivity contribution in [3.05, 3.63) is 83.6 Å². The van der Waals surface area contributed by atoms with Crippen molar-refractivity contribution in [2.45, 2.75) is 88.9 Å². The van der Waals surface area contributed by atoms with Crippen LogP contribution < -0.4 is 5.32 Å². The summed E-state index contributed by atoms with van der Waals surface area (Å²) in [6, 6.07) is 17.2. The third kappa shape index (κ3) is 4.74. The highest BCUT2D eigenvalue weighted by Crippen LogP contribution is 2.59. The number of H-pyrrole nitrogens is 2. The Bertz CT molecular complexity index is 2210. The van der Waals surface area contributed by atoms with Crippen LogP contribution in [0.4, 0.5) is 13.6 Å². The van der Waals surface area contributed by atoms with Crippen molar-refractivity contribution in [3.8, 4) is 33.5 Å². The van der Waals surface area contributed by atoms with E-state index in [1.54, 1.807) is 29.3 Å². The number of halogens is 2. The largest absolute Gasteiger partial charge is 0.444 e. The van der Waals surface area contributed by atoms with Crippen LogP contribution in [0.15, 0.2) is 60.8 Å². The van der Waals surface area contributed by atoms with Crippen molar-refractivity contribution in [2.75, 3.05) is 6.54 Å². The molecular weight excluding hydrogens is 634 g/mol. The van der Waals surface area contributed by atoms with E-state index in [1.807, 2.05) is 57.2 Å². The van der Waals surface area contributed by atoms with Gasteiger partial charge in [-0.25, -0.2) is 14.8 Å². The topological polar surface area (TPSA) is 98.9 Å². The van der Waals surface area contributed by atoms with E-state index in [9.17, 15) is 4.79 Å². The van der Waals surface area contributed by atoms with Crippen molar-refractivity contribution < 1.29 is 18.3 Å². The number of piperidine rings is 1. The Hall–Kier alpha value is -4.57. The van der Waals surface area contributed by atoms with E-state index in [4.69, 9.17) is 9.72 Å². The number of imidazole rings is 2. The number of likely N-dealkylation sites (tertiary alicyclic amines) is 1. The second-order valence-corrected chi connectivity index (χ2v) is 16.4. The quantitative estimate of drug-likeness (QED) is 0.177. The van der Waals surface area contributed by atoms with E-state index in [0.717, 1.165) is 47.2 Å². The molecule has 5 aromatic rings. The Morgan fingerprint density at radius 2 is 1.64 bits per heavy atom. The van der Waals surface area contributed by atoms with Gasteiger partial charge in [0.05, 0.1) is 35.0 Å². The Morgan fingerprint density at radius 3 is 2.34 bits per heavy atom. The fourth-order valence-electron chi connectivity index (χ4n) is 9.09. The minimum absolute atomic E-state index is 0.0118. The van der Waals surface area contributed by atoms with Crippen LogP contribution in [-0.2, 0) is 10.7 Å². The standard InChI is InChI=1S/C40H40F2N6O2/c1-38(2,3)50-37(49)48-20-39(12-13-39)18-33(48)35-43-19-32(47-35)23-6-10-27-26-9-5-21(15-28(26)40(41,42)29(27)16-23)22-7-11-30-31(17-22)46-36(45-30)34-24-4-8-25(14-24)44-34/h5-7,9-11,15-17,19,24-25,33-34,44H,4,8,12-14,18,20H2,1-3H3,(H,43,47)(H,45,46)/t24-,25+,33-,34-/m0/s1. The van der Waals surface area contributed by atoms with E-state index < -0.39 is 11.5 Å². The molecule has 3 aromatic carbocycles. The third-order valence-corrected chi connectivity index (χ3v) is 11.8. The number of benzene rings is 3. The molecule has 50 heavy (non-hydrogen) atoms. The van der Waals surface area contributed by atoms with Crippen molar-refractivity contribution >= 4 is 17.1 Å². The van der Waals surface area contributed by atoms with Gasteiger partial charge < -0.3 is 20.0 Å². The Labute approximate surface area is 289 Å². The Morgan fingerprint density at radius 1 is 0.920 bits per heavy atom. The van der Waals surface area contributed by atoms with E-state index in [-0.39, 0.29) is 34.7 Å². The summed E-state index contributed by atoms with van der Waals surface area (Å²) in [5.74, 6) is -0.929. The Balaban J connectivity index is 0.926. The maximum absolute atomic E-state index is 16.3. The second-order valence-electron chi connectivity index (χ2n) is 16.4. The van der Waals surface area contributed by atoms with Crippen LogP contribution in [0.25, 0.3) is 44.5 Å². The summed E-state index contributed by atoms with van der Waals surface area (Å²) < 4.78 is 38.4. The normalized spacial score (nSPS) is 25.4. The van der Waals surface area contributed by atoms with E-state index in [2.05, 4.69) is 20.3 Å². The lowest BCUT2D eigenvalue weighted by Gasteiger charge is -2.27. The fourth-order valence-corrected chi connectivity index (χ4v) is 9.09. The number of aromatic amines is 2. The van der Waals surface area contributed by atoms with Gasteiger partial charge in [-0.05, 0) is 117 Å². The number of hydrogen-bond donors (Lipinski definition) is 3. The number of rotatable bonds is 4. The molecule has 1 amide bonds. The molecule has 4 fully saturated rings. The lowest BCUT2D eigenvalue weighted by atomic mass is 9.98. The summed E-state index contributed by atoms with van der Waals surface area (Å²) in [6.45, 7) is 6.23. The third-order valence-electron chi connectivity index (χ3n) is 11.8. The molecule has 2 saturated carbocycles. The average molecular weight is 675 g/mol. The monoisotopic (exact) mass is 674 g/mol. The lowest BCUT2D eigenvalue weighted by molar-refractivity contribution is 0.0212. The first-order valence-electron chi connectivity index (χ1n) is 17.9. The summed E-state index contributed by atoms with van der Waals surface area (Å²) in [4.78, 5) is 31.4. The molecule has 0 unspecified atom stereocenters. The van der Waals surface area contributed by atoms with Gasteiger partial charge in [0.15, 0.2) is 0 Å². The lowest BCUT2D eigenvalue weighted by Crippen LogP contribution is -2.37. The first-order valence-corrected chi connectivity index (χ1v) is 17.9. The fraction of sp³-hybridized carbons (Fsp3) is 0.425. The van der Waals surface area contributed by atoms with Gasteiger partial charge in [0.1, 0.15) is 17.2 Å². The molecule has 3 aliphatic carbocycles. The van der Waals surface area contributed by atoms with Gasteiger partial charge in [0.25, 0.3) is 5.92 Å². The number of fused-ring (bicyclic) bond motifs is 6. The van der Waals surface area contributed by atoms with Gasteiger partial charge in [0, 0.05) is 29.3 Å². The Kier molecular flexibility index (Phi) is 6.20. The van der Waals surface area contributed by atoms with Crippen molar-refractivity contribution in [1.29, 1.82) is 0 Å². The molecule has 5 aliphatic rings. The van der Waals surface area contributed by atoms with E-state index in [0.29, 0.717) is 46.7 Å². The summed E-state index contributed by atoms with van der Waals surface area (Å²) >= 11 is 0. The summed E-state index contributed by atoms with van der Waals surface area (Å²) in [6.07, 6.45) is 7.99. The molecule has 3 N–H and O–H groups in total. The molecule has 4 atom stereocenters. The van der Waals surface area contributed by atoms with Crippen LogP contribution in [0.1, 0.15) is 94.2 Å². The predicted molar refractivity (Wildman–Crippen MR) is 187 cm³/mol. The number of carbonyl (C=O) groups excluding carboxylic acids is 1. The smallest absolute Gasteiger partial charge is 0.410 e. The molecule has 8 nitrogen and oxygen atoms in total. The highest BCUT2D eigenvalue weighted by atomic mass is 19.3. The SMILES string of the molecule is CC(C)(C)OC(=O)N1CC2(CC2)C[C@H]1c1ncc(-c2ccc3c(c2)C(F)(F)c2cc(-c4ccc5nc([C@H]6N[C@@H]7CC[C@H]6C7)[nH]c5c4)ccc2-3)[nH]1. The van der Waals surface area contributed by atoms with Crippen LogP contribution in [0.3, 0.4) is 0 Å². The van der Waals surface area contributed by atoms with Gasteiger partial charge in [-0.3, -0.25) is 4.90 Å². The summed E-state index contributed by atoms with van der Waals surface area (Å²) in [5, 5.41) is 3.70. The second kappa shape index (κ2) is 10.2. The molecule has 0 radical (unpaired) electrons. The van der Waals surface area contributed by atoms with Gasteiger partial charge in [-0.15, -0.1) is 0 Å². The minimum atomic E-state index is -3.17. The molecule has 2 aliphatic heterocycles. The minimum Gasteiger partial charge on any atom is -0.444 e. The predicted octanol–water partition coefficient (Wildman–Crippen LogP) is 9.02. The molecule has 256 valence electrons. The number of carbonyl (C=O) groups is 1. The number of nitrogens with zero attached hydrogens (tertiary/aromatic N) is 3. The van der Waals surface area contributed by atoms with E-state index in [1.165, 1.54) is 19.3 Å². The van der Waals surface area contributed by atoms with Crippen LogP contribution in [-0.4, -0.2) is 49.1 Å². The maximum Gasteiger partial charge on any atom is 0.410 e. The number of aromatic nitrogens is 4. The molecule has 10 heteroatoms. The summed E-state index contributed by atoms with van der Waals surface area (Å²) in [7, 11) is 0. The molecule has 1 spiro atoms. The van der Waals surface area contributed by atoms with Crippen molar-refractivity contribution in [2.24, 2.45) is 11.3 Å². The number of hydrogen-bond acceptors (Lipinski definition) is 5. The van der Waals surface area contributed by atoms with Crippen molar-refractivity contribution in [3.63, 3.8) is 0 Å². The van der Waals surface area contributed by atoms with Gasteiger partial charge in [0.2, 0.25) is 0 Å². The van der Waals surface area contributed by atoms with Gasteiger partial charge in [-0.1, -0.05) is 30.3 Å². The maximum atomic E-state index is 16.3. The number of nitrogens with one attached hydrogen (secondary N) is 3. The van der Waals surface area contributed by atoms with Crippen LogP contribution in [0.2, 0.25) is 0 Å². The number of amides is 1. The highest BCUT2D eigenvalue weighted by molar-refractivity contribution is 5.87. The average Bonchev–Trinajstić information content (AvgIpc) is 3.74. The summed E-state index contributed by atoms with van der Waals surface area (Å²) in [5.41, 5.74) is 5.28.